The van der Waals surface area contributed by atoms with E-state index in [0.29, 0.717) is 65.1 Å². The summed E-state index contributed by atoms with van der Waals surface area (Å²) in [6.07, 6.45) is 3.42. The molecule has 30 heavy (non-hydrogen) atoms. The Labute approximate surface area is 177 Å². The Morgan fingerprint density at radius 2 is 1.50 bits per heavy atom. The second-order valence-corrected chi connectivity index (χ2v) is 6.72. The molecule has 0 spiro atoms. The van der Waals surface area contributed by atoms with Gasteiger partial charge in [-0.25, -0.2) is 4.79 Å². The first kappa shape index (κ1) is 28.1. The number of ketones is 2. The largest absolute Gasteiger partial charge is 0.480 e. The number of amides is 1. The van der Waals surface area contributed by atoms with Crippen molar-refractivity contribution in [2.45, 2.75) is 51.5 Å². The molecule has 0 saturated heterocycles. The van der Waals surface area contributed by atoms with Crippen LogP contribution >= 0.6 is 0 Å². The zero-order valence-electron chi connectivity index (χ0n) is 18.0. The predicted octanol–water partition coefficient (Wildman–Crippen LogP) is 0.751. The van der Waals surface area contributed by atoms with E-state index in [1.54, 1.807) is 7.11 Å². The van der Waals surface area contributed by atoms with E-state index < -0.39 is 31.1 Å². The van der Waals surface area contributed by atoms with E-state index in [9.17, 15) is 19.2 Å². The molecule has 1 atom stereocenters. The lowest BCUT2D eigenvalue weighted by Gasteiger charge is -2.15. The summed E-state index contributed by atoms with van der Waals surface area (Å²) in [5.74, 6) is -1.75. The summed E-state index contributed by atoms with van der Waals surface area (Å²) < 4.78 is 20.1. The first-order valence-corrected chi connectivity index (χ1v) is 10.1. The van der Waals surface area contributed by atoms with Gasteiger partial charge in [-0.1, -0.05) is 12.8 Å². The number of Topliss-reactive ketones (excluding diaryl/α,β-unsaturated/α-hetero) is 2. The van der Waals surface area contributed by atoms with Crippen LogP contribution in [-0.2, 0) is 38.1 Å². The van der Waals surface area contributed by atoms with Crippen LogP contribution in [0.3, 0.4) is 0 Å². The second-order valence-electron chi connectivity index (χ2n) is 6.72. The summed E-state index contributed by atoms with van der Waals surface area (Å²) in [4.78, 5) is 45.5. The molecule has 0 bridgehead atoms. The summed E-state index contributed by atoms with van der Waals surface area (Å²) in [6.45, 7) is 2.74. The monoisotopic (exact) mass is 433 g/mol. The van der Waals surface area contributed by atoms with Crippen molar-refractivity contribution in [3.8, 4) is 0 Å². The van der Waals surface area contributed by atoms with Crippen molar-refractivity contribution < 1.29 is 43.2 Å². The van der Waals surface area contributed by atoms with Crippen molar-refractivity contribution in [3.05, 3.63) is 0 Å². The molecule has 1 amide bonds. The molecular weight excluding hydrogens is 398 g/mol. The Bertz CT molecular complexity index is 511. The molecule has 10 heteroatoms. The molecule has 10 nitrogen and oxygen atoms in total. The normalized spacial score (nSPS) is 11.8. The number of methoxy groups -OCH3 is 1. The van der Waals surface area contributed by atoms with Gasteiger partial charge in [-0.15, -0.1) is 0 Å². The van der Waals surface area contributed by atoms with Gasteiger partial charge in [-0.3, -0.25) is 14.4 Å². The summed E-state index contributed by atoms with van der Waals surface area (Å²) in [6, 6.07) is -0.638. The van der Waals surface area contributed by atoms with Gasteiger partial charge < -0.3 is 29.4 Å². The Morgan fingerprint density at radius 3 is 2.13 bits per heavy atom. The highest BCUT2D eigenvalue weighted by atomic mass is 16.5. The fraction of sp³-hybridized carbons (Fsp3) is 0.800. The molecule has 0 aromatic rings. The minimum absolute atomic E-state index is 0.127. The van der Waals surface area contributed by atoms with Crippen LogP contribution < -0.4 is 5.32 Å². The van der Waals surface area contributed by atoms with Crippen molar-refractivity contribution >= 4 is 23.4 Å². The number of rotatable bonds is 21. The molecule has 174 valence electrons. The molecule has 0 radical (unpaired) electrons. The molecule has 0 rings (SSSR count). The van der Waals surface area contributed by atoms with E-state index >= 15 is 0 Å². The average molecular weight is 433 g/mol. The van der Waals surface area contributed by atoms with Crippen LogP contribution in [0.4, 0.5) is 0 Å². The zero-order valence-corrected chi connectivity index (χ0v) is 18.0. The molecule has 0 aromatic carbocycles. The third kappa shape index (κ3) is 18.2. The van der Waals surface area contributed by atoms with Crippen LogP contribution in [0.1, 0.15) is 45.4 Å². The molecule has 0 fully saturated rings. The smallest absolute Gasteiger partial charge is 0.329 e. The number of hydrogen-bond acceptors (Lipinski definition) is 8. The Kier molecular flexibility index (Phi) is 17.9. The first-order valence-electron chi connectivity index (χ1n) is 10.1. The molecule has 0 aliphatic heterocycles. The number of hydrogen-bond donors (Lipinski definition) is 2. The first-order chi connectivity index (χ1) is 14.4. The van der Waals surface area contributed by atoms with Crippen molar-refractivity contribution in [1.82, 2.24) is 5.32 Å². The van der Waals surface area contributed by atoms with E-state index in [4.69, 9.17) is 24.1 Å². The van der Waals surface area contributed by atoms with Crippen LogP contribution in [0.2, 0.25) is 0 Å². The van der Waals surface area contributed by atoms with E-state index in [2.05, 4.69) is 5.32 Å². The van der Waals surface area contributed by atoms with Crippen molar-refractivity contribution in [2.75, 3.05) is 53.4 Å². The summed E-state index contributed by atoms with van der Waals surface area (Å²) >= 11 is 0. The minimum atomic E-state index is -1.17. The number of unbranched alkanes of at least 4 members (excludes halogenated alkanes) is 2. The van der Waals surface area contributed by atoms with E-state index in [-0.39, 0.29) is 11.6 Å². The lowest BCUT2D eigenvalue weighted by Crippen LogP contribution is -2.41. The fourth-order valence-corrected chi connectivity index (χ4v) is 2.47. The topological polar surface area (TPSA) is 137 Å². The number of carboxylic acid groups (broad SMARTS) is 1. The third-order valence-corrected chi connectivity index (χ3v) is 4.06. The fourth-order valence-electron chi connectivity index (χ4n) is 2.47. The molecule has 0 aliphatic rings. The van der Waals surface area contributed by atoms with E-state index in [1.165, 1.54) is 6.92 Å². The summed E-state index contributed by atoms with van der Waals surface area (Å²) in [5.41, 5.74) is 0. The molecule has 1 unspecified atom stereocenters. The lowest BCUT2D eigenvalue weighted by atomic mass is 10.0. The number of carbonyl (C=O) groups is 4. The lowest BCUT2D eigenvalue weighted by molar-refractivity contribution is -0.144. The quantitative estimate of drug-likeness (QED) is 0.251. The van der Waals surface area contributed by atoms with Crippen LogP contribution in [0.25, 0.3) is 0 Å². The molecule has 2 N–H and O–H groups in total. The van der Waals surface area contributed by atoms with Gasteiger partial charge in [0.1, 0.15) is 19.0 Å². The number of nitrogens with one attached hydrogen (secondary N) is 1. The van der Waals surface area contributed by atoms with Crippen LogP contribution in [0.5, 0.6) is 0 Å². The molecule has 0 aromatic heterocycles. The Morgan fingerprint density at radius 1 is 0.833 bits per heavy atom. The highest BCUT2D eigenvalue weighted by Gasteiger charge is 2.17. The standard InChI is InChI=1S/C20H35NO9/c1-16(22)18(21-19(24)14-30-15-20(25)26)7-5-3-4-6-17(23)8-9-28-12-13-29-11-10-27-2/h18H,3-15H2,1-2H3,(H,21,24)(H,25,26). The van der Waals surface area contributed by atoms with E-state index in [1.807, 2.05) is 0 Å². The maximum atomic E-state index is 11.8. The highest BCUT2D eigenvalue weighted by molar-refractivity contribution is 5.87. The van der Waals surface area contributed by atoms with Crippen molar-refractivity contribution in [3.63, 3.8) is 0 Å². The number of aliphatic carboxylic acids is 1. The Balaban J connectivity index is 3.74. The predicted molar refractivity (Wildman–Crippen MR) is 107 cm³/mol. The van der Waals surface area contributed by atoms with Crippen molar-refractivity contribution in [2.24, 2.45) is 0 Å². The zero-order chi connectivity index (χ0) is 22.6. The minimum Gasteiger partial charge on any atom is -0.480 e. The summed E-state index contributed by atoms with van der Waals surface area (Å²) in [7, 11) is 1.61. The highest BCUT2D eigenvalue weighted by Crippen LogP contribution is 2.08. The van der Waals surface area contributed by atoms with Crippen LogP contribution in [-0.4, -0.2) is 87.9 Å². The maximum absolute atomic E-state index is 11.8. The van der Waals surface area contributed by atoms with Crippen LogP contribution in [0.15, 0.2) is 0 Å². The van der Waals surface area contributed by atoms with Gasteiger partial charge in [0.2, 0.25) is 5.91 Å². The average Bonchev–Trinajstić information content (AvgIpc) is 2.68. The number of carbonyl (C=O) groups excluding carboxylic acids is 3. The van der Waals surface area contributed by atoms with Crippen molar-refractivity contribution in [1.29, 1.82) is 0 Å². The van der Waals surface area contributed by atoms with Gasteiger partial charge in [0, 0.05) is 20.0 Å². The number of carboxylic acids is 1. The van der Waals surface area contributed by atoms with Gasteiger partial charge in [0.25, 0.3) is 0 Å². The molecule has 0 heterocycles. The number of ether oxygens (including phenoxy) is 4. The summed E-state index contributed by atoms with van der Waals surface area (Å²) in [5, 5.41) is 11.0. The van der Waals surface area contributed by atoms with Gasteiger partial charge in [-0.05, 0) is 19.8 Å². The van der Waals surface area contributed by atoms with E-state index in [0.717, 1.165) is 6.42 Å². The maximum Gasteiger partial charge on any atom is 0.329 e. The molecular formula is C20H35NO9. The van der Waals surface area contributed by atoms with Crippen LogP contribution in [0, 0.1) is 0 Å². The second kappa shape index (κ2) is 19.1. The molecule has 0 aliphatic carbocycles. The molecule has 0 saturated carbocycles. The van der Waals surface area contributed by atoms with Gasteiger partial charge >= 0.3 is 5.97 Å². The van der Waals surface area contributed by atoms with Gasteiger partial charge in [0.15, 0.2) is 5.78 Å². The Hall–Kier alpha value is -1.88. The third-order valence-electron chi connectivity index (χ3n) is 4.06. The SMILES string of the molecule is COCCOCCOCCC(=O)CCCCCC(NC(=O)COCC(=O)O)C(C)=O. The van der Waals surface area contributed by atoms with Gasteiger partial charge in [0.05, 0.1) is 39.1 Å². The van der Waals surface area contributed by atoms with Gasteiger partial charge in [-0.2, -0.15) is 0 Å².